The van der Waals surface area contributed by atoms with E-state index >= 15 is 0 Å². The number of benzene rings is 6. The van der Waals surface area contributed by atoms with Gasteiger partial charge in [-0.25, -0.2) is 15.0 Å². The van der Waals surface area contributed by atoms with Crippen molar-refractivity contribution in [2.45, 2.75) is 51.6 Å². The van der Waals surface area contributed by atoms with E-state index in [-0.39, 0.29) is 17.9 Å². The molecule has 0 radical (unpaired) electrons. The normalized spacial score (nSPS) is 14.2. The first-order chi connectivity index (χ1) is 54.1. The molecule has 113 heavy (non-hydrogen) atoms. The number of aromatic nitrogens is 7. The molecule has 27 nitrogen and oxygen atoms in total. The first-order valence-electron chi connectivity index (χ1n) is 36.6. The Morgan fingerprint density at radius 1 is 0.434 bits per heavy atom. The zero-order valence-corrected chi connectivity index (χ0v) is 69.8. The largest absolute Gasteiger partial charge is 0.494 e. The topological polar surface area (TPSA) is 310 Å². The van der Waals surface area contributed by atoms with Gasteiger partial charge in [0.25, 0.3) is 0 Å². The number of piperidine rings is 2. The number of amides is 2. The quantitative estimate of drug-likeness (QED) is 0.0276. The average molecular weight is 1650 g/mol. The number of halogens is 3. The Morgan fingerprint density at radius 2 is 0.805 bits per heavy atom. The molecular formula is C80H94Cl3N18O9P3. The summed E-state index contributed by atoms with van der Waals surface area (Å²) in [4.78, 5) is 62.7. The number of ether oxygens (including phenoxy) is 4. The molecule has 0 unspecified atom stereocenters. The number of nitrogens with one attached hydrogen (secondary N) is 7. The third-order valence-electron chi connectivity index (χ3n) is 19.0. The van der Waals surface area contributed by atoms with Gasteiger partial charge >= 0.3 is 0 Å². The van der Waals surface area contributed by atoms with Crippen LogP contribution in [0.25, 0.3) is 0 Å². The summed E-state index contributed by atoms with van der Waals surface area (Å²) in [5.41, 5.74) is 6.30. The van der Waals surface area contributed by atoms with Crippen molar-refractivity contribution in [1.82, 2.24) is 50.0 Å². The zero-order chi connectivity index (χ0) is 80.6. The highest BCUT2D eigenvalue weighted by molar-refractivity contribution is 7.71. The van der Waals surface area contributed by atoms with Gasteiger partial charge < -0.3 is 84.6 Å². The van der Waals surface area contributed by atoms with E-state index < -0.39 is 21.4 Å². The highest BCUT2D eigenvalue weighted by Crippen LogP contribution is 2.43. The van der Waals surface area contributed by atoms with Gasteiger partial charge in [0, 0.05) is 136 Å². The molecule has 0 atom stereocenters. The van der Waals surface area contributed by atoms with Crippen LogP contribution in [0.15, 0.2) is 171 Å². The van der Waals surface area contributed by atoms with E-state index in [1.54, 1.807) is 118 Å². The molecule has 0 saturated carbocycles. The minimum atomic E-state index is -2.52. The highest BCUT2D eigenvalue weighted by Gasteiger charge is 2.30. The molecule has 13 rings (SSSR count). The number of piperazine rings is 1. The van der Waals surface area contributed by atoms with E-state index in [1.807, 2.05) is 108 Å². The molecule has 3 aliphatic heterocycles. The van der Waals surface area contributed by atoms with Crippen LogP contribution in [0.5, 0.6) is 28.7 Å². The van der Waals surface area contributed by atoms with Crippen molar-refractivity contribution in [3.05, 3.63) is 186 Å². The van der Waals surface area contributed by atoms with Gasteiger partial charge in [0.1, 0.15) is 65.2 Å². The maximum absolute atomic E-state index is 12.8. The Hall–Kier alpha value is -10.2. The van der Waals surface area contributed by atoms with E-state index in [4.69, 9.17) is 53.8 Å². The minimum absolute atomic E-state index is 0.0123. The monoisotopic (exact) mass is 1650 g/mol. The van der Waals surface area contributed by atoms with E-state index in [0.29, 0.717) is 119 Å². The Bertz CT molecular complexity index is 5140. The number of methoxy groups -OCH3 is 3. The number of carbonyl (C=O) groups excluding carboxylic acids is 2. The average Bonchev–Trinajstić information content (AvgIpc) is 0.800. The molecule has 594 valence electrons. The van der Waals surface area contributed by atoms with E-state index in [1.165, 1.54) is 18.6 Å². The van der Waals surface area contributed by atoms with Crippen LogP contribution in [-0.4, -0.2) is 182 Å². The summed E-state index contributed by atoms with van der Waals surface area (Å²) in [7, 11) is -2.71. The fourth-order valence-electron chi connectivity index (χ4n) is 13.2. The molecule has 3 aliphatic rings. The van der Waals surface area contributed by atoms with Crippen LogP contribution in [0.4, 0.5) is 80.8 Å². The van der Waals surface area contributed by atoms with Crippen molar-refractivity contribution >= 4 is 165 Å². The Balaban J connectivity index is 0.000000168. The fraction of sp³-hybridized carbons (Fsp3) is 0.312. The predicted octanol–water partition coefficient (Wildman–Crippen LogP) is 16.0. The van der Waals surface area contributed by atoms with Crippen LogP contribution < -0.4 is 81.9 Å². The summed E-state index contributed by atoms with van der Waals surface area (Å²) in [6, 6.07) is 43.9. The number of hydrogen-bond acceptors (Lipinski definition) is 25. The second kappa shape index (κ2) is 38.1. The van der Waals surface area contributed by atoms with Gasteiger partial charge in [-0.15, -0.1) is 0 Å². The zero-order valence-electron chi connectivity index (χ0n) is 64.9. The van der Waals surface area contributed by atoms with Gasteiger partial charge in [-0.2, -0.15) is 15.0 Å². The lowest BCUT2D eigenvalue weighted by molar-refractivity contribution is -0.131. The molecule has 7 heterocycles. The lowest BCUT2D eigenvalue weighted by Gasteiger charge is -2.43. The number of pyridine rings is 1. The smallest absolute Gasteiger partial charge is 0.229 e. The molecule has 6 aromatic carbocycles. The summed E-state index contributed by atoms with van der Waals surface area (Å²) < 4.78 is 61.0. The van der Waals surface area contributed by atoms with Gasteiger partial charge in [0.05, 0.1) is 74.0 Å². The highest BCUT2D eigenvalue weighted by atomic mass is 35.5. The van der Waals surface area contributed by atoms with Crippen molar-refractivity contribution in [2.24, 2.45) is 0 Å². The van der Waals surface area contributed by atoms with Gasteiger partial charge in [-0.1, -0.05) is 71.2 Å². The standard InChI is InChI=1S/C30H39ClN7O3P.C26H32ClN6O3P.C24H23ClN5O3P/c1-21(39)36-15-17-38(18-16-36)22-11-13-37(14-12-22)23-9-10-25(27(19-23)41-2)34-30-32-20-24(31)29(35-30)33-26-7-5-6-8-28(26)42(3,4)40;1-17(34)29-18-11-13-33(14-12-18)19-9-10-21(23(15-19)36-2)31-26-28-16-20(27)25(32-26)30-22-7-5-6-8-24(22)37(3,4)35;1-32-21-14-17(33-16-10-12-26-13-11-16)8-9-19(21)29-24-27-15-18(25)23(30-24)28-20-6-4-5-7-22(20)34(2,3)31/h5-10,19-20,22H,11-18H2,1-4H3,(H2,32,33,34,35);5-10,15-16,18H,11-14H2,1-4H3,(H,29,34)(H2,28,30,31,32);4-15H,1-3H3,(H2,27,28,29,30). The van der Waals surface area contributed by atoms with Crippen LogP contribution in [0.1, 0.15) is 39.5 Å². The maximum Gasteiger partial charge on any atom is 0.229 e. The third-order valence-corrected chi connectivity index (χ3v) is 24.5. The van der Waals surface area contributed by atoms with Crippen molar-refractivity contribution < 1.29 is 42.2 Å². The van der Waals surface area contributed by atoms with E-state index in [9.17, 15) is 23.3 Å². The Kier molecular flexibility index (Phi) is 28.2. The van der Waals surface area contributed by atoms with Crippen LogP contribution >= 0.6 is 56.2 Å². The van der Waals surface area contributed by atoms with Gasteiger partial charge in [0.15, 0.2) is 17.5 Å². The van der Waals surface area contributed by atoms with E-state index in [0.717, 1.165) is 106 Å². The maximum atomic E-state index is 12.8. The van der Waals surface area contributed by atoms with Gasteiger partial charge in [-0.3, -0.25) is 19.5 Å². The molecule has 0 spiro atoms. The number of rotatable bonds is 24. The number of nitrogens with zero attached hydrogens (tertiary/aromatic N) is 11. The molecule has 10 aromatic rings. The van der Waals surface area contributed by atoms with Gasteiger partial charge in [0.2, 0.25) is 29.7 Å². The minimum Gasteiger partial charge on any atom is -0.494 e. The van der Waals surface area contributed by atoms with Crippen LogP contribution in [-0.2, 0) is 23.3 Å². The first-order valence-corrected chi connectivity index (χ1v) is 45.6. The van der Waals surface area contributed by atoms with Crippen molar-refractivity contribution in [3.8, 4) is 28.7 Å². The summed E-state index contributed by atoms with van der Waals surface area (Å²) in [5, 5.41) is 25.4. The molecule has 3 saturated heterocycles. The molecule has 0 bridgehead atoms. The lowest BCUT2D eigenvalue weighted by atomic mass is 10.0. The van der Waals surface area contributed by atoms with Crippen molar-refractivity contribution in [2.75, 3.05) is 155 Å². The number of para-hydroxylation sites is 3. The molecule has 33 heteroatoms. The second-order valence-corrected chi connectivity index (χ2v) is 38.9. The second-order valence-electron chi connectivity index (χ2n) is 28.2. The lowest BCUT2D eigenvalue weighted by Crippen LogP contribution is -2.54. The fourth-order valence-corrected chi connectivity index (χ4v) is 17.1. The SMILES string of the molecule is COc1cc(N2CCC(N3CCN(C(C)=O)CC3)CC2)ccc1Nc1ncc(Cl)c(Nc2ccccc2P(C)(C)=O)n1.COc1cc(N2CCC(NC(C)=O)CC2)ccc1Nc1ncc(Cl)c(Nc2ccccc2P(C)(C)=O)n1.COc1cc(Oc2ccncc2)ccc1Nc1ncc(Cl)c(Nc2ccccc2P(C)(C)=O)n1. The molecular weight excluding hydrogens is 1560 g/mol. The summed E-state index contributed by atoms with van der Waals surface area (Å²) in [5.74, 6) is 5.53. The summed E-state index contributed by atoms with van der Waals surface area (Å²) in [6.45, 7) is 20.7. The summed E-state index contributed by atoms with van der Waals surface area (Å²) in [6.07, 6.45) is 11.8. The molecule has 3 fully saturated rings. The number of anilines is 14. The van der Waals surface area contributed by atoms with Crippen molar-refractivity contribution in [1.29, 1.82) is 0 Å². The van der Waals surface area contributed by atoms with Crippen LogP contribution in [0.2, 0.25) is 15.1 Å². The van der Waals surface area contributed by atoms with Crippen LogP contribution in [0.3, 0.4) is 0 Å². The first kappa shape index (κ1) is 83.7. The Labute approximate surface area is 674 Å². The number of hydrogen-bond donors (Lipinski definition) is 7. The van der Waals surface area contributed by atoms with Gasteiger partial charge in [-0.05, 0) is 151 Å². The van der Waals surface area contributed by atoms with Crippen molar-refractivity contribution in [3.63, 3.8) is 0 Å². The van der Waals surface area contributed by atoms with E-state index in [2.05, 4.69) is 92.9 Å². The molecule has 0 aliphatic carbocycles. The number of carbonyl (C=O) groups is 2. The molecule has 7 N–H and O–H groups in total. The molecule has 4 aromatic heterocycles. The molecule has 2 amide bonds. The predicted molar refractivity (Wildman–Crippen MR) is 459 cm³/mol. The Morgan fingerprint density at radius 3 is 1.18 bits per heavy atom. The van der Waals surface area contributed by atoms with Crippen LogP contribution in [0, 0.1) is 0 Å². The third kappa shape index (κ3) is 22.8. The summed E-state index contributed by atoms with van der Waals surface area (Å²) >= 11 is 19.1.